The molecule has 0 spiro atoms. The highest BCUT2D eigenvalue weighted by molar-refractivity contribution is 7.98. The van der Waals surface area contributed by atoms with Crippen LogP contribution in [0, 0.1) is 13.8 Å². The van der Waals surface area contributed by atoms with E-state index < -0.39 is 0 Å². The number of aryl methyl sites for hydroxylation is 2. The Bertz CT molecular complexity index is 927. The van der Waals surface area contributed by atoms with E-state index in [0.717, 1.165) is 29.8 Å². The van der Waals surface area contributed by atoms with E-state index in [0.29, 0.717) is 24.0 Å². The number of rotatable bonds is 5. The van der Waals surface area contributed by atoms with Crippen LogP contribution in [0.2, 0.25) is 0 Å². The van der Waals surface area contributed by atoms with Gasteiger partial charge in [0, 0.05) is 49.0 Å². The van der Waals surface area contributed by atoms with Crippen LogP contribution >= 0.6 is 11.8 Å². The van der Waals surface area contributed by atoms with E-state index in [9.17, 15) is 9.59 Å². The highest BCUT2D eigenvalue weighted by atomic mass is 32.2. The maximum atomic E-state index is 13.3. The van der Waals surface area contributed by atoms with E-state index >= 15 is 0 Å². The Morgan fingerprint density at radius 3 is 2.28 bits per heavy atom. The molecule has 0 unspecified atom stereocenters. The summed E-state index contributed by atoms with van der Waals surface area (Å²) >= 11 is 1.47. The van der Waals surface area contributed by atoms with Crippen molar-refractivity contribution in [2.75, 3.05) is 19.3 Å². The Morgan fingerprint density at radius 2 is 1.69 bits per heavy atom. The van der Waals surface area contributed by atoms with Crippen molar-refractivity contribution in [3.8, 4) is 0 Å². The average Bonchev–Trinajstić information content (AvgIpc) is 3.12. The second-order valence-electron chi connectivity index (χ2n) is 7.59. The lowest BCUT2D eigenvalue weighted by atomic mass is 10.00. The molecule has 1 saturated heterocycles. The van der Waals surface area contributed by atoms with Gasteiger partial charge in [0.2, 0.25) is 17.0 Å². The first-order valence-corrected chi connectivity index (χ1v) is 11.4. The Balaban J connectivity index is 1.88. The third-order valence-electron chi connectivity index (χ3n) is 5.90. The molecule has 158 valence electrons. The molecule has 1 aliphatic rings. The lowest BCUT2D eigenvalue weighted by Crippen LogP contribution is -2.60. The average molecular weight is 419 g/mol. The van der Waals surface area contributed by atoms with Crippen molar-refractivity contribution in [1.82, 2.24) is 29.4 Å². The minimum Gasteiger partial charge on any atom is -0.336 e. The summed E-state index contributed by atoms with van der Waals surface area (Å²) in [5, 5.41) is 5.14. The lowest BCUT2D eigenvalue weighted by molar-refractivity contribution is -0.145. The first-order valence-electron chi connectivity index (χ1n) is 10.1. The van der Waals surface area contributed by atoms with Crippen LogP contribution in [0.15, 0.2) is 5.16 Å². The molecule has 2 atom stereocenters. The van der Waals surface area contributed by atoms with Gasteiger partial charge in [-0.3, -0.25) is 9.59 Å². The quantitative estimate of drug-likeness (QED) is 0.693. The highest BCUT2D eigenvalue weighted by Crippen LogP contribution is 2.23. The zero-order chi connectivity index (χ0) is 21.3. The Hall–Kier alpha value is -2.16. The normalized spacial score (nSPS) is 19.8. The maximum absolute atomic E-state index is 13.3. The number of nitrogens with zero attached hydrogens (tertiary/aromatic N) is 6. The van der Waals surface area contributed by atoms with Crippen molar-refractivity contribution in [2.24, 2.45) is 0 Å². The number of thioether (sulfide) groups is 1. The molecule has 8 nitrogen and oxygen atoms in total. The van der Waals surface area contributed by atoms with Gasteiger partial charge in [0.05, 0.1) is 6.42 Å². The number of amides is 2. The summed E-state index contributed by atoms with van der Waals surface area (Å²) in [4.78, 5) is 38.2. The van der Waals surface area contributed by atoms with Crippen molar-refractivity contribution < 1.29 is 9.59 Å². The summed E-state index contributed by atoms with van der Waals surface area (Å²) in [5.74, 6) is 0.726. The van der Waals surface area contributed by atoms with Crippen LogP contribution in [-0.4, -0.2) is 72.6 Å². The molecule has 0 aromatic carbocycles. The van der Waals surface area contributed by atoms with Gasteiger partial charge >= 0.3 is 0 Å². The van der Waals surface area contributed by atoms with E-state index in [1.54, 1.807) is 11.4 Å². The molecule has 3 rings (SSSR count). The van der Waals surface area contributed by atoms with Crippen LogP contribution in [0.3, 0.4) is 0 Å². The fourth-order valence-electron chi connectivity index (χ4n) is 4.12. The minimum atomic E-state index is 0.0426. The van der Waals surface area contributed by atoms with Crippen LogP contribution in [0.25, 0.3) is 5.78 Å². The van der Waals surface area contributed by atoms with E-state index in [-0.39, 0.29) is 30.3 Å². The lowest BCUT2D eigenvalue weighted by Gasteiger charge is -2.46. The summed E-state index contributed by atoms with van der Waals surface area (Å²) < 4.78 is 1.72. The third-order valence-corrected chi connectivity index (χ3v) is 6.44. The molecule has 3 heterocycles. The monoisotopic (exact) mass is 418 g/mol. The summed E-state index contributed by atoms with van der Waals surface area (Å²) in [5.41, 5.74) is 2.61. The topological polar surface area (TPSA) is 83.7 Å². The van der Waals surface area contributed by atoms with Crippen LogP contribution in [0.5, 0.6) is 0 Å². The Morgan fingerprint density at radius 1 is 1.07 bits per heavy atom. The highest BCUT2D eigenvalue weighted by Gasteiger charge is 2.36. The minimum absolute atomic E-state index is 0.0426. The number of carbonyl (C=O) groups is 2. The molecule has 1 aliphatic heterocycles. The molecular formula is C20H30N6O2S. The molecular weight excluding hydrogens is 388 g/mol. The molecule has 0 bridgehead atoms. The van der Waals surface area contributed by atoms with Gasteiger partial charge in [0.25, 0.3) is 5.78 Å². The third kappa shape index (κ3) is 4.10. The molecule has 0 radical (unpaired) electrons. The number of hydrogen-bond acceptors (Lipinski definition) is 6. The van der Waals surface area contributed by atoms with Crippen LogP contribution in [0.4, 0.5) is 0 Å². The fraction of sp³-hybridized carbons (Fsp3) is 0.650. The summed E-state index contributed by atoms with van der Waals surface area (Å²) in [6, 6.07) is 0.113. The van der Waals surface area contributed by atoms with Crippen molar-refractivity contribution >= 4 is 29.4 Å². The van der Waals surface area contributed by atoms with Gasteiger partial charge in [0.1, 0.15) is 0 Å². The SMILES string of the molecule is CC[C@H]1CN(C(=O)Cc2c(C)nc3nc(SC)nn3c2C)[C@@H](CC)CN1C(C)=O. The standard InChI is InChI=1S/C20H30N6O2S/c1-7-15-11-25(16(8-2)10-24(15)14(5)27)18(28)9-17-12(3)21-19-22-20(29-6)23-26(19)13(17)4/h15-16H,7-11H2,1-6H3/t15-,16-/m0/s1. The number of fused-ring (bicyclic) bond motifs is 1. The first kappa shape index (κ1) is 21.5. The fourth-order valence-corrected chi connectivity index (χ4v) is 4.46. The molecule has 2 aromatic heterocycles. The molecule has 2 amide bonds. The zero-order valence-electron chi connectivity index (χ0n) is 18.1. The second kappa shape index (κ2) is 8.69. The summed E-state index contributed by atoms with van der Waals surface area (Å²) in [6.07, 6.45) is 3.86. The van der Waals surface area contributed by atoms with Crippen LogP contribution in [-0.2, 0) is 16.0 Å². The number of carbonyl (C=O) groups excluding carboxylic acids is 2. The van der Waals surface area contributed by atoms with E-state index in [2.05, 4.69) is 28.9 Å². The Kier molecular flexibility index (Phi) is 6.45. The number of piperazine rings is 1. The molecule has 0 aliphatic carbocycles. The number of hydrogen-bond donors (Lipinski definition) is 0. The summed E-state index contributed by atoms with van der Waals surface area (Å²) in [7, 11) is 0. The smallest absolute Gasteiger partial charge is 0.253 e. The molecule has 1 fully saturated rings. The van der Waals surface area contributed by atoms with Gasteiger partial charge in [-0.25, -0.2) is 9.50 Å². The van der Waals surface area contributed by atoms with Gasteiger partial charge in [-0.1, -0.05) is 25.6 Å². The predicted molar refractivity (Wildman–Crippen MR) is 113 cm³/mol. The van der Waals surface area contributed by atoms with E-state index in [4.69, 9.17) is 0 Å². The largest absolute Gasteiger partial charge is 0.336 e. The van der Waals surface area contributed by atoms with Crippen LogP contribution in [0.1, 0.15) is 50.6 Å². The molecule has 9 heteroatoms. The first-order chi connectivity index (χ1) is 13.8. The molecule has 0 N–H and O–H groups in total. The zero-order valence-corrected chi connectivity index (χ0v) is 18.9. The van der Waals surface area contributed by atoms with Crippen LogP contribution < -0.4 is 0 Å². The molecule has 0 saturated carbocycles. The number of aromatic nitrogens is 4. The van der Waals surface area contributed by atoms with Gasteiger partial charge in [-0.2, -0.15) is 4.98 Å². The van der Waals surface area contributed by atoms with Crippen molar-refractivity contribution in [3.63, 3.8) is 0 Å². The van der Waals surface area contributed by atoms with E-state index in [1.807, 2.05) is 29.9 Å². The van der Waals surface area contributed by atoms with Crippen molar-refractivity contribution in [3.05, 3.63) is 17.0 Å². The van der Waals surface area contributed by atoms with Crippen molar-refractivity contribution in [2.45, 2.75) is 71.1 Å². The van der Waals surface area contributed by atoms with Gasteiger partial charge < -0.3 is 9.80 Å². The summed E-state index contributed by atoms with van der Waals surface area (Å²) in [6.45, 7) is 10.8. The predicted octanol–water partition coefficient (Wildman–Crippen LogP) is 2.25. The van der Waals surface area contributed by atoms with Gasteiger partial charge in [-0.15, -0.1) is 5.10 Å². The maximum Gasteiger partial charge on any atom is 0.253 e. The second-order valence-corrected chi connectivity index (χ2v) is 8.36. The Labute approximate surface area is 176 Å². The van der Waals surface area contributed by atoms with Gasteiger partial charge in [0.15, 0.2) is 0 Å². The van der Waals surface area contributed by atoms with E-state index in [1.165, 1.54) is 11.8 Å². The van der Waals surface area contributed by atoms with Gasteiger partial charge in [-0.05, 0) is 32.9 Å². The molecule has 2 aromatic rings. The van der Waals surface area contributed by atoms with Crippen molar-refractivity contribution in [1.29, 1.82) is 0 Å². The molecule has 29 heavy (non-hydrogen) atoms.